The zero-order valence-corrected chi connectivity index (χ0v) is 17.1. The van der Waals surface area contributed by atoms with Crippen molar-refractivity contribution in [2.75, 3.05) is 26.7 Å². The Balaban J connectivity index is 1.77. The van der Waals surface area contributed by atoms with Crippen LogP contribution in [0.1, 0.15) is 63.5 Å². The Kier molecular flexibility index (Phi) is 6.19. The van der Waals surface area contributed by atoms with Gasteiger partial charge in [0.25, 0.3) is 5.91 Å². The van der Waals surface area contributed by atoms with Crippen LogP contribution in [0.15, 0.2) is 24.3 Å². The summed E-state index contributed by atoms with van der Waals surface area (Å²) in [4.78, 5) is 30.1. The summed E-state index contributed by atoms with van der Waals surface area (Å²) >= 11 is 0. The second-order valence-corrected chi connectivity index (χ2v) is 7.42. The van der Waals surface area contributed by atoms with Crippen molar-refractivity contribution in [1.82, 2.24) is 15.2 Å². The van der Waals surface area contributed by atoms with Gasteiger partial charge in [-0.05, 0) is 70.0 Å². The first-order valence-corrected chi connectivity index (χ1v) is 9.78. The maximum Gasteiger partial charge on any atom is 0.268 e. The summed E-state index contributed by atoms with van der Waals surface area (Å²) in [6.07, 6.45) is 2.36. The van der Waals surface area contributed by atoms with Gasteiger partial charge in [0.2, 0.25) is 0 Å². The van der Waals surface area contributed by atoms with E-state index in [2.05, 4.69) is 27.3 Å². The summed E-state index contributed by atoms with van der Waals surface area (Å²) in [6, 6.07) is 8.15. The number of ether oxygens (including phenoxy) is 1. The zero-order valence-electron chi connectivity index (χ0n) is 17.1. The highest BCUT2D eigenvalue weighted by Gasteiger charge is 2.25. The molecule has 1 fully saturated rings. The Morgan fingerprint density at radius 3 is 2.36 bits per heavy atom. The topological polar surface area (TPSA) is 74.4 Å². The minimum Gasteiger partial charge on any atom is -0.497 e. The number of nitrogens with zero attached hydrogens (tertiary/aromatic N) is 1. The van der Waals surface area contributed by atoms with Gasteiger partial charge in [0.15, 0.2) is 5.78 Å². The Morgan fingerprint density at radius 1 is 1.18 bits per heavy atom. The largest absolute Gasteiger partial charge is 0.497 e. The second kappa shape index (κ2) is 8.61. The van der Waals surface area contributed by atoms with Crippen molar-refractivity contribution in [3.63, 3.8) is 0 Å². The predicted octanol–water partition coefficient (Wildman–Crippen LogP) is 3.41. The summed E-state index contributed by atoms with van der Waals surface area (Å²) in [5.41, 5.74) is 3.69. The lowest BCUT2D eigenvalue weighted by atomic mass is 10.0. The molecule has 6 nitrogen and oxygen atoms in total. The molecule has 0 spiro atoms. The third kappa shape index (κ3) is 4.12. The Morgan fingerprint density at radius 2 is 1.82 bits per heavy atom. The first-order valence-electron chi connectivity index (χ1n) is 9.78. The molecular weight excluding hydrogens is 354 g/mol. The number of H-pyrrole nitrogens is 1. The standard InChI is InChI=1S/C22H29N3O3/c1-14-20(16(3)26)15(2)24-21(14)22(27)23-13-19(25-11-5-6-12-25)17-7-9-18(28-4)10-8-17/h7-10,19,24H,5-6,11-13H2,1-4H3,(H,23,27). The van der Waals surface area contributed by atoms with E-state index in [1.54, 1.807) is 7.11 Å². The molecule has 0 aliphatic carbocycles. The fourth-order valence-corrected chi connectivity index (χ4v) is 4.12. The number of carbonyl (C=O) groups excluding carboxylic acids is 2. The third-order valence-electron chi connectivity index (χ3n) is 5.55. The van der Waals surface area contributed by atoms with Crippen LogP contribution in [0.4, 0.5) is 0 Å². The Labute approximate surface area is 166 Å². The van der Waals surface area contributed by atoms with E-state index in [1.165, 1.54) is 19.8 Å². The number of likely N-dealkylation sites (tertiary alicyclic amines) is 1. The van der Waals surface area contributed by atoms with Gasteiger partial charge >= 0.3 is 0 Å². The van der Waals surface area contributed by atoms with Crippen LogP contribution in [0.25, 0.3) is 0 Å². The molecule has 2 heterocycles. The molecule has 1 aliphatic heterocycles. The average Bonchev–Trinajstić information content (AvgIpc) is 3.30. The fourth-order valence-electron chi connectivity index (χ4n) is 4.12. The van der Waals surface area contributed by atoms with Gasteiger partial charge in [0, 0.05) is 17.8 Å². The number of nitrogens with one attached hydrogen (secondary N) is 2. The molecule has 2 aromatic rings. The van der Waals surface area contributed by atoms with Crippen LogP contribution < -0.4 is 10.1 Å². The van der Waals surface area contributed by atoms with Crippen molar-refractivity contribution in [2.45, 2.75) is 39.7 Å². The highest BCUT2D eigenvalue weighted by molar-refractivity contribution is 6.02. The number of ketones is 1. The number of benzene rings is 1. The molecule has 0 bridgehead atoms. The molecule has 0 radical (unpaired) electrons. The predicted molar refractivity (Wildman–Crippen MR) is 109 cm³/mol. The lowest BCUT2D eigenvalue weighted by Crippen LogP contribution is -2.37. The maximum absolute atomic E-state index is 12.8. The summed E-state index contributed by atoms with van der Waals surface area (Å²) in [6.45, 7) is 7.74. The van der Waals surface area contributed by atoms with Crippen molar-refractivity contribution < 1.29 is 14.3 Å². The number of Topliss-reactive ketones (excluding diaryl/α,β-unsaturated/α-hetero) is 1. The van der Waals surface area contributed by atoms with E-state index in [9.17, 15) is 9.59 Å². The van der Waals surface area contributed by atoms with E-state index in [1.807, 2.05) is 26.0 Å². The van der Waals surface area contributed by atoms with Crippen molar-refractivity contribution >= 4 is 11.7 Å². The van der Waals surface area contributed by atoms with Gasteiger partial charge in [-0.25, -0.2) is 0 Å². The fraction of sp³-hybridized carbons (Fsp3) is 0.455. The minimum atomic E-state index is -0.175. The van der Waals surface area contributed by atoms with Crippen LogP contribution in [0.3, 0.4) is 0 Å². The Hall–Kier alpha value is -2.60. The second-order valence-electron chi connectivity index (χ2n) is 7.42. The molecule has 1 aromatic heterocycles. The van der Waals surface area contributed by atoms with Crippen molar-refractivity contribution in [1.29, 1.82) is 0 Å². The number of aryl methyl sites for hydroxylation is 1. The van der Waals surface area contributed by atoms with Crippen LogP contribution in [0, 0.1) is 13.8 Å². The number of rotatable bonds is 7. The van der Waals surface area contributed by atoms with Crippen LogP contribution in [-0.4, -0.2) is 48.3 Å². The normalized spacial score (nSPS) is 15.4. The maximum atomic E-state index is 12.8. The van der Waals surface area contributed by atoms with E-state index in [4.69, 9.17) is 4.74 Å². The van der Waals surface area contributed by atoms with Crippen LogP contribution in [0.5, 0.6) is 5.75 Å². The molecule has 0 saturated carbocycles. The minimum absolute atomic E-state index is 0.0292. The van der Waals surface area contributed by atoms with E-state index in [0.717, 1.165) is 30.1 Å². The van der Waals surface area contributed by atoms with Gasteiger partial charge in [-0.3, -0.25) is 14.5 Å². The number of aromatic amines is 1. The molecule has 2 N–H and O–H groups in total. The molecule has 1 saturated heterocycles. The molecule has 1 unspecified atom stereocenters. The summed E-state index contributed by atoms with van der Waals surface area (Å²) in [5.74, 6) is 0.617. The van der Waals surface area contributed by atoms with E-state index >= 15 is 0 Å². The smallest absolute Gasteiger partial charge is 0.268 e. The lowest BCUT2D eigenvalue weighted by Gasteiger charge is -2.28. The van der Waals surface area contributed by atoms with E-state index in [0.29, 0.717) is 23.4 Å². The number of amides is 1. The molecule has 28 heavy (non-hydrogen) atoms. The van der Waals surface area contributed by atoms with Gasteiger partial charge in [-0.1, -0.05) is 12.1 Å². The molecule has 1 atom stereocenters. The molecule has 150 valence electrons. The zero-order chi connectivity index (χ0) is 20.3. The average molecular weight is 383 g/mol. The molecule has 1 amide bonds. The number of aromatic nitrogens is 1. The molecule has 1 aromatic carbocycles. The van der Waals surface area contributed by atoms with Crippen molar-refractivity contribution in [2.24, 2.45) is 0 Å². The molecule has 6 heteroatoms. The number of hydrogen-bond acceptors (Lipinski definition) is 4. The van der Waals surface area contributed by atoms with Gasteiger partial charge < -0.3 is 15.0 Å². The first-order chi connectivity index (χ1) is 13.4. The molecule has 3 rings (SSSR count). The Bertz CT molecular complexity index is 849. The van der Waals surface area contributed by atoms with Crippen LogP contribution in [0.2, 0.25) is 0 Å². The van der Waals surface area contributed by atoms with Gasteiger partial charge in [0.1, 0.15) is 11.4 Å². The lowest BCUT2D eigenvalue weighted by molar-refractivity contribution is 0.0932. The number of hydrogen-bond donors (Lipinski definition) is 2. The van der Waals surface area contributed by atoms with Crippen LogP contribution >= 0.6 is 0 Å². The van der Waals surface area contributed by atoms with E-state index < -0.39 is 0 Å². The summed E-state index contributed by atoms with van der Waals surface area (Å²) in [7, 11) is 1.66. The first kappa shape index (κ1) is 20.1. The quantitative estimate of drug-likeness (QED) is 0.719. The summed E-state index contributed by atoms with van der Waals surface area (Å²) < 4.78 is 5.26. The highest BCUT2D eigenvalue weighted by Crippen LogP contribution is 2.26. The highest BCUT2D eigenvalue weighted by atomic mass is 16.5. The van der Waals surface area contributed by atoms with Crippen molar-refractivity contribution in [3.05, 3.63) is 52.3 Å². The molecular formula is C22H29N3O3. The summed E-state index contributed by atoms with van der Waals surface area (Å²) in [5, 5.41) is 3.07. The number of methoxy groups -OCH3 is 1. The third-order valence-corrected chi connectivity index (χ3v) is 5.55. The van der Waals surface area contributed by atoms with Crippen LogP contribution in [-0.2, 0) is 0 Å². The van der Waals surface area contributed by atoms with Gasteiger partial charge in [0.05, 0.1) is 13.2 Å². The van der Waals surface area contributed by atoms with Crippen molar-refractivity contribution in [3.8, 4) is 5.75 Å². The van der Waals surface area contributed by atoms with Gasteiger partial charge in [-0.2, -0.15) is 0 Å². The monoisotopic (exact) mass is 383 g/mol. The SMILES string of the molecule is COc1ccc(C(CNC(=O)c2[nH]c(C)c(C(C)=O)c2C)N2CCCC2)cc1. The number of carbonyl (C=O) groups is 2. The van der Waals surface area contributed by atoms with Gasteiger partial charge in [-0.15, -0.1) is 0 Å². The molecule has 1 aliphatic rings. The van der Waals surface area contributed by atoms with E-state index in [-0.39, 0.29) is 17.7 Å².